The molecule has 0 aliphatic heterocycles. The lowest BCUT2D eigenvalue weighted by Gasteiger charge is -2.10. The molecule has 10 heteroatoms. The fourth-order valence-corrected chi connectivity index (χ4v) is 3.19. The second-order valence-electron chi connectivity index (χ2n) is 7.07. The molecule has 0 spiro atoms. The molecule has 2 amide bonds. The third kappa shape index (κ3) is 7.01. The number of nitrogens with zero attached hydrogens (tertiary/aromatic N) is 2. The minimum Gasteiger partial charge on any atom is -0.375 e. The molecule has 2 aromatic carbocycles. The third-order valence-corrected chi connectivity index (χ3v) is 5.13. The Labute approximate surface area is 195 Å². The van der Waals surface area contributed by atoms with Crippen LogP contribution in [0.25, 0.3) is 0 Å². The first-order valence-electron chi connectivity index (χ1n) is 10.1. The van der Waals surface area contributed by atoms with Crippen LogP contribution in [0.1, 0.15) is 27.9 Å². The van der Waals surface area contributed by atoms with Gasteiger partial charge in [0.05, 0.1) is 4.92 Å². The Balaban J connectivity index is 1.53. The van der Waals surface area contributed by atoms with Gasteiger partial charge in [0, 0.05) is 55.1 Å². The van der Waals surface area contributed by atoms with Gasteiger partial charge in [0.25, 0.3) is 11.6 Å². The fourth-order valence-electron chi connectivity index (χ4n) is 2.99. The number of carbonyl (C=O) groups is 2. The zero-order chi connectivity index (χ0) is 23.6. The molecule has 0 unspecified atom stereocenters. The smallest absolute Gasteiger partial charge is 0.293 e. The van der Waals surface area contributed by atoms with E-state index >= 15 is 0 Å². The molecule has 9 nitrogen and oxygen atoms in total. The predicted octanol–water partition coefficient (Wildman–Crippen LogP) is 3.69. The second kappa shape index (κ2) is 11.6. The fraction of sp³-hybridized carbons (Fsp3) is 0.174. The van der Waals surface area contributed by atoms with Gasteiger partial charge in [-0.25, -0.2) is 0 Å². The summed E-state index contributed by atoms with van der Waals surface area (Å²) in [5, 5.41) is 20.4. The van der Waals surface area contributed by atoms with Crippen molar-refractivity contribution in [3.05, 3.63) is 98.8 Å². The number of rotatable bonds is 10. The largest absolute Gasteiger partial charge is 0.375 e. The number of carbonyl (C=O) groups excluding carboxylic acids is 2. The van der Waals surface area contributed by atoms with Gasteiger partial charge >= 0.3 is 0 Å². The van der Waals surface area contributed by atoms with E-state index in [1.807, 2.05) is 12.1 Å². The molecule has 3 rings (SSSR count). The molecule has 33 heavy (non-hydrogen) atoms. The zero-order valence-corrected chi connectivity index (χ0v) is 18.3. The number of halogens is 1. The van der Waals surface area contributed by atoms with Gasteiger partial charge in [0.2, 0.25) is 5.91 Å². The van der Waals surface area contributed by atoms with Crippen molar-refractivity contribution in [3.8, 4) is 0 Å². The number of nitrogens with one attached hydrogen (secondary N) is 3. The van der Waals surface area contributed by atoms with Gasteiger partial charge in [-0.1, -0.05) is 29.8 Å². The molecule has 3 aromatic rings. The molecule has 0 atom stereocenters. The average Bonchev–Trinajstić information content (AvgIpc) is 2.82. The van der Waals surface area contributed by atoms with Crippen LogP contribution in [0.5, 0.6) is 0 Å². The lowest BCUT2D eigenvalue weighted by molar-refractivity contribution is -0.384. The molecule has 0 radical (unpaired) electrons. The number of amides is 2. The lowest BCUT2D eigenvalue weighted by Crippen LogP contribution is -2.30. The highest BCUT2D eigenvalue weighted by atomic mass is 35.5. The molecule has 0 fully saturated rings. The molecular formula is C23H22ClN5O4. The number of hydrogen-bond acceptors (Lipinski definition) is 6. The van der Waals surface area contributed by atoms with E-state index in [1.54, 1.807) is 36.7 Å². The van der Waals surface area contributed by atoms with E-state index in [1.165, 1.54) is 18.2 Å². The van der Waals surface area contributed by atoms with Gasteiger partial charge in [0.15, 0.2) is 0 Å². The van der Waals surface area contributed by atoms with E-state index in [4.69, 9.17) is 11.6 Å². The summed E-state index contributed by atoms with van der Waals surface area (Å²) in [7, 11) is 0. The van der Waals surface area contributed by atoms with Crippen LogP contribution >= 0.6 is 11.6 Å². The van der Waals surface area contributed by atoms with Crippen LogP contribution in [0, 0.1) is 10.1 Å². The van der Waals surface area contributed by atoms with Crippen LogP contribution in [-0.4, -0.2) is 28.3 Å². The van der Waals surface area contributed by atoms with Crippen LogP contribution in [0.3, 0.4) is 0 Å². The summed E-state index contributed by atoms with van der Waals surface area (Å²) in [5.74, 6) is -0.727. The Kier molecular flexibility index (Phi) is 8.31. The number of nitro benzene ring substituents is 1. The molecule has 0 saturated carbocycles. The molecule has 1 aromatic heterocycles. The molecule has 1 heterocycles. The first-order chi connectivity index (χ1) is 15.9. The minimum absolute atomic E-state index is 0.0798. The first kappa shape index (κ1) is 23.7. The Morgan fingerprint density at radius 2 is 1.76 bits per heavy atom. The molecule has 0 saturated heterocycles. The second-order valence-corrected chi connectivity index (χ2v) is 7.48. The third-order valence-electron chi connectivity index (χ3n) is 4.76. The Morgan fingerprint density at radius 3 is 2.48 bits per heavy atom. The Morgan fingerprint density at radius 1 is 1.00 bits per heavy atom. The minimum atomic E-state index is -0.557. The van der Waals surface area contributed by atoms with E-state index < -0.39 is 10.8 Å². The van der Waals surface area contributed by atoms with Gasteiger partial charge in [-0.15, -0.1) is 0 Å². The number of benzene rings is 2. The SMILES string of the molecule is O=C(CCNC(=O)c1ccc(NCc2ccccc2Cl)c([N+](=O)[O-])c1)NCc1ccncc1. The lowest BCUT2D eigenvalue weighted by atomic mass is 10.1. The maximum atomic E-state index is 12.4. The summed E-state index contributed by atoms with van der Waals surface area (Å²) in [6, 6.07) is 14.9. The van der Waals surface area contributed by atoms with E-state index in [9.17, 15) is 19.7 Å². The quantitative estimate of drug-likeness (QED) is 0.308. The Hall–Kier alpha value is -3.98. The standard InChI is InChI=1S/C23H22ClN5O4/c24-19-4-2-1-3-18(19)15-27-20-6-5-17(13-21(20)29(32)33)23(31)26-12-9-22(30)28-14-16-7-10-25-11-8-16/h1-8,10-11,13,27H,9,12,14-15H2,(H,26,31)(H,28,30). The van der Waals surface area contributed by atoms with Crippen molar-refractivity contribution in [3.63, 3.8) is 0 Å². The summed E-state index contributed by atoms with van der Waals surface area (Å²) in [4.78, 5) is 39.2. The van der Waals surface area contributed by atoms with Crippen molar-refractivity contribution in [1.82, 2.24) is 15.6 Å². The topological polar surface area (TPSA) is 126 Å². The number of nitro groups is 1. The van der Waals surface area contributed by atoms with Crippen molar-refractivity contribution in [2.45, 2.75) is 19.5 Å². The number of anilines is 1. The van der Waals surface area contributed by atoms with E-state index in [0.717, 1.165) is 11.1 Å². The molecular weight excluding hydrogens is 446 g/mol. The molecule has 170 valence electrons. The van der Waals surface area contributed by atoms with Gasteiger partial charge in [-0.2, -0.15) is 0 Å². The van der Waals surface area contributed by atoms with Crippen molar-refractivity contribution < 1.29 is 14.5 Å². The molecule has 0 aliphatic rings. The predicted molar refractivity (Wildman–Crippen MR) is 125 cm³/mol. The van der Waals surface area contributed by atoms with E-state index in [0.29, 0.717) is 18.1 Å². The van der Waals surface area contributed by atoms with Crippen LogP contribution in [0.4, 0.5) is 11.4 Å². The van der Waals surface area contributed by atoms with Gasteiger partial charge in [0.1, 0.15) is 5.69 Å². The maximum Gasteiger partial charge on any atom is 0.293 e. The van der Waals surface area contributed by atoms with Gasteiger partial charge < -0.3 is 16.0 Å². The Bertz CT molecular complexity index is 1140. The molecule has 3 N–H and O–H groups in total. The number of pyridine rings is 1. The first-order valence-corrected chi connectivity index (χ1v) is 10.5. The highest BCUT2D eigenvalue weighted by molar-refractivity contribution is 6.31. The summed E-state index contributed by atoms with van der Waals surface area (Å²) < 4.78 is 0. The number of aromatic nitrogens is 1. The molecule has 0 bridgehead atoms. The average molecular weight is 468 g/mol. The maximum absolute atomic E-state index is 12.4. The summed E-state index contributed by atoms with van der Waals surface area (Å²) in [5.41, 5.74) is 1.87. The van der Waals surface area contributed by atoms with E-state index in [2.05, 4.69) is 20.9 Å². The van der Waals surface area contributed by atoms with Gasteiger partial charge in [-0.3, -0.25) is 24.7 Å². The van der Waals surface area contributed by atoms with E-state index in [-0.39, 0.29) is 35.8 Å². The monoisotopic (exact) mass is 467 g/mol. The van der Waals surface area contributed by atoms with Crippen molar-refractivity contribution >= 4 is 34.8 Å². The van der Waals surface area contributed by atoms with Crippen LogP contribution in [0.2, 0.25) is 5.02 Å². The summed E-state index contributed by atoms with van der Waals surface area (Å²) >= 11 is 6.12. The van der Waals surface area contributed by atoms with Crippen molar-refractivity contribution in [2.75, 3.05) is 11.9 Å². The van der Waals surface area contributed by atoms with Crippen molar-refractivity contribution in [2.24, 2.45) is 0 Å². The van der Waals surface area contributed by atoms with Gasteiger partial charge in [-0.05, 0) is 41.5 Å². The highest BCUT2D eigenvalue weighted by Crippen LogP contribution is 2.27. The number of hydrogen-bond donors (Lipinski definition) is 3. The summed E-state index contributed by atoms with van der Waals surface area (Å²) in [6.07, 6.45) is 3.35. The highest BCUT2D eigenvalue weighted by Gasteiger charge is 2.18. The van der Waals surface area contributed by atoms with Crippen LogP contribution < -0.4 is 16.0 Å². The normalized spacial score (nSPS) is 10.3. The molecule has 0 aliphatic carbocycles. The van der Waals surface area contributed by atoms with Crippen LogP contribution in [0.15, 0.2) is 67.0 Å². The summed E-state index contributed by atoms with van der Waals surface area (Å²) in [6.45, 7) is 0.756. The van der Waals surface area contributed by atoms with Crippen LogP contribution in [-0.2, 0) is 17.9 Å². The van der Waals surface area contributed by atoms with Crippen molar-refractivity contribution in [1.29, 1.82) is 0 Å². The zero-order valence-electron chi connectivity index (χ0n) is 17.6.